The molecule has 1 unspecified atom stereocenters. The van der Waals surface area contributed by atoms with Crippen LogP contribution in [0.2, 0.25) is 0 Å². The van der Waals surface area contributed by atoms with E-state index >= 15 is 0 Å². The zero-order valence-corrected chi connectivity index (χ0v) is 7.09. The number of hydrogen-bond acceptors (Lipinski definition) is 0. The van der Waals surface area contributed by atoms with Gasteiger partial charge in [-0.25, -0.2) is 0 Å². The highest BCUT2D eigenvalue weighted by atomic mass is 14.2. The summed E-state index contributed by atoms with van der Waals surface area (Å²) >= 11 is 0. The van der Waals surface area contributed by atoms with Crippen LogP contribution in [0.4, 0.5) is 0 Å². The van der Waals surface area contributed by atoms with Gasteiger partial charge in [0.25, 0.3) is 0 Å². The van der Waals surface area contributed by atoms with Gasteiger partial charge in [0.15, 0.2) is 0 Å². The van der Waals surface area contributed by atoms with Crippen molar-refractivity contribution in [1.29, 1.82) is 0 Å². The molecule has 0 heterocycles. The first-order valence-electron chi connectivity index (χ1n) is 4.35. The average molecular weight is 156 g/mol. The number of rotatable bonds is 1. The van der Waals surface area contributed by atoms with Crippen LogP contribution >= 0.6 is 0 Å². The van der Waals surface area contributed by atoms with E-state index in [1.807, 2.05) is 12.1 Å². The van der Waals surface area contributed by atoms with Crippen LogP contribution in [0.5, 0.6) is 0 Å². The Morgan fingerprint density at radius 2 is 2.08 bits per heavy atom. The van der Waals surface area contributed by atoms with E-state index in [0.29, 0.717) is 5.92 Å². The Morgan fingerprint density at radius 3 is 2.67 bits per heavy atom. The molecule has 0 spiro atoms. The Morgan fingerprint density at radius 1 is 1.33 bits per heavy atom. The van der Waals surface area contributed by atoms with Crippen molar-refractivity contribution in [3.8, 4) is 0 Å². The van der Waals surface area contributed by atoms with Crippen molar-refractivity contribution in [3.05, 3.63) is 54.5 Å². The summed E-state index contributed by atoms with van der Waals surface area (Å²) in [6.45, 7) is 4.07. The van der Waals surface area contributed by atoms with Crippen LogP contribution in [0.15, 0.2) is 36.4 Å². The molecule has 0 heteroatoms. The molecular weight excluding hydrogens is 144 g/mol. The summed E-state index contributed by atoms with van der Waals surface area (Å²) in [5.74, 6) is 0.500. The van der Waals surface area contributed by atoms with Gasteiger partial charge in [-0.05, 0) is 30.9 Å². The van der Waals surface area contributed by atoms with Gasteiger partial charge in [-0.15, -0.1) is 0 Å². The summed E-state index contributed by atoms with van der Waals surface area (Å²) in [5.41, 5.74) is 2.71. The molecule has 0 nitrogen and oxygen atoms in total. The molecule has 60 valence electrons. The van der Waals surface area contributed by atoms with Gasteiger partial charge in [-0.2, -0.15) is 0 Å². The molecule has 0 aliphatic heterocycles. The van der Waals surface area contributed by atoms with Crippen molar-refractivity contribution in [2.45, 2.75) is 18.8 Å². The standard InChI is InChI=1S/C12H12/c1-10-6-5-9-12(10)11-7-3-2-4-8-11/h3-4,7-9,12H,1,5-6H2. The predicted octanol–water partition coefficient (Wildman–Crippen LogP) is 3.12. The van der Waals surface area contributed by atoms with Gasteiger partial charge in [0.1, 0.15) is 0 Å². The van der Waals surface area contributed by atoms with Crippen LogP contribution in [-0.4, -0.2) is 0 Å². The van der Waals surface area contributed by atoms with Crippen LogP contribution in [0, 0.1) is 12.5 Å². The highest BCUT2D eigenvalue weighted by Crippen LogP contribution is 2.36. The van der Waals surface area contributed by atoms with Crippen molar-refractivity contribution in [1.82, 2.24) is 0 Å². The van der Waals surface area contributed by atoms with Gasteiger partial charge >= 0.3 is 0 Å². The lowest BCUT2D eigenvalue weighted by molar-refractivity contribution is 0.987. The van der Waals surface area contributed by atoms with E-state index in [0.717, 1.165) is 6.42 Å². The topological polar surface area (TPSA) is 0 Å². The minimum absolute atomic E-state index is 0.500. The van der Waals surface area contributed by atoms with Crippen LogP contribution in [-0.2, 0) is 0 Å². The fourth-order valence-corrected chi connectivity index (χ4v) is 1.74. The normalized spacial score (nSPS) is 23.0. The van der Waals surface area contributed by atoms with E-state index in [4.69, 9.17) is 0 Å². The molecular formula is C12H12. The van der Waals surface area contributed by atoms with E-state index in [-0.39, 0.29) is 0 Å². The van der Waals surface area contributed by atoms with Gasteiger partial charge in [0, 0.05) is 5.92 Å². The summed E-state index contributed by atoms with van der Waals surface area (Å²) in [7, 11) is 0. The minimum Gasteiger partial charge on any atom is -0.0992 e. The SMILES string of the molecule is C=C1CC[CH]C1c1cc[c]cc1. The van der Waals surface area contributed by atoms with Crippen LogP contribution in [0.25, 0.3) is 0 Å². The zero-order chi connectivity index (χ0) is 8.39. The second-order valence-corrected chi connectivity index (χ2v) is 3.24. The Labute approximate surface area is 73.9 Å². The van der Waals surface area contributed by atoms with E-state index in [1.165, 1.54) is 17.6 Å². The Bertz CT molecular complexity index is 271. The molecule has 1 aromatic carbocycles. The molecule has 1 aliphatic rings. The lowest BCUT2D eigenvalue weighted by Gasteiger charge is -2.09. The second-order valence-electron chi connectivity index (χ2n) is 3.24. The highest BCUT2D eigenvalue weighted by Gasteiger charge is 2.20. The molecule has 2 radical (unpaired) electrons. The van der Waals surface area contributed by atoms with Gasteiger partial charge in [-0.3, -0.25) is 0 Å². The molecule has 0 aromatic heterocycles. The second kappa shape index (κ2) is 3.14. The van der Waals surface area contributed by atoms with Crippen LogP contribution < -0.4 is 0 Å². The van der Waals surface area contributed by atoms with Crippen LogP contribution in [0.3, 0.4) is 0 Å². The predicted molar refractivity (Wildman–Crippen MR) is 50.7 cm³/mol. The maximum atomic E-state index is 4.07. The molecule has 12 heavy (non-hydrogen) atoms. The molecule has 1 atom stereocenters. The van der Waals surface area contributed by atoms with Crippen molar-refractivity contribution in [3.63, 3.8) is 0 Å². The maximum Gasteiger partial charge on any atom is 0.00768 e. The van der Waals surface area contributed by atoms with Gasteiger partial charge < -0.3 is 0 Å². The van der Waals surface area contributed by atoms with Gasteiger partial charge in [0.05, 0.1) is 0 Å². The first kappa shape index (κ1) is 7.60. The largest absolute Gasteiger partial charge is 0.0992 e. The lowest BCUT2D eigenvalue weighted by atomic mass is 9.95. The molecule has 0 N–H and O–H groups in total. The van der Waals surface area contributed by atoms with Crippen molar-refractivity contribution in [2.24, 2.45) is 0 Å². The molecule has 1 aliphatic carbocycles. The average Bonchev–Trinajstić information content (AvgIpc) is 2.53. The molecule has 0 amide bonds. The monoisotopic (exact) mass is 156 g/mol. The quantitative estimate of drug-likeness (QED) is 0.548. The van der Waals surface area contributed by atoms with E-state index in [2.05, 4.69) is 31.2 Å². The summed E-state index contributed by atoms with van der Waals surface area (Å²) < 4.78 is 0. The fraction of sp³-hybridized carbons (Fsp3) is 0.250. The van der Waals surface area contributed by atoms with Crippen molar-refractivity contribution >= 4 is 0 Å². The lowest BCUT2D eigenvalue weighted by Crippen LogP contribution is -1.93. The first-order chi connectivity index (χ1) is 5.88. The minimum atomic E-state index is 0.500. The van der Waals surface area contributed by atoms with Crippen molar-refractivity contribution in [2.75, 3.05) is 0 Å². The van der Waals surface area contributed by atoms with Gasteiger partial charge in [0.2, 0.25) is 0 Å². The Hall–Kier alpha value is -1.04. The third-order valence-electron chi connectivity index (χ3n) is 2.41. The maximum absolute atomic E-state index is 4.07. The summed E-state index contributed by atoms with van der Waals surface area (Å²) in [6.07, 6.45) is 4.68. The van der Waals surface area contributed by atoms with E-state index in [9.17, 15) is 0 Å². The third-order valence-corrected chi connectivity index (χ3v) is 2.41. The van der Waals surface area contributed by atoms with E-state index < -0.39 is 0 Å². The zero-order valence-electron chi connectivity index (χ0n) is 7.09. The Balaban J connectivity index is 2.25. The fourth-order valence-electron chi connectivity index (χ4n) is 1.74. The summed E-state index contributed by atoms with van der Waals surface area (Å²) in [4.78, 5) is 0. The van der Waals surface area contributed by atoms with Crippen LogP contribution in [0.1, 0.15) is 24.3 Å². The number of allylic oxidation sites excluding steroid dienone is 1. The Kier molecular flexibility index (Phi) is 1.99. The molecule has 0 saturated heterocycles. The van der Waals surface area contributed by atoms with Crippen molar-refractivity contribution < 1.29 is 0 Å². The highest BCUT2D eigenvalue weighted by molar-refractivity contribution is 5.33. The molecule has 1 saturated carbocycles. The molecule has 2 rings (SSSR count). The molecule has 1 aromatic rings. The summed E-state index contributed by atoms with van der Waals surface area (Å²) in [5, 5.41) is 0. The first-order valence-corrected chi connectivity index (χ1v) is 4.35. The third kappa shape index (κ3) is 1.29. The van der Waals surface area contributed by atoms with Gasteiger partial charge in [-0.1, -0.05) is 36.4 Å². The molecule has 0 bridgehead atoms. The smallest absolute Gasteiger partial charge is 0.00768 e. The number of benzene rings is 1. The molecule has 1 fully saturated rings. The van der Waals surface area contributed by atoms with E-state index in [1.54, 1.807) is 0 Å². The number of hydrogen-bond donors (Lipinski definition) is 0. The summed E-state index contributed by atoms with van der Waals surface area (Å²) in [6, 6.07) is 11.2.